The van der Waals surface area contributed by atoms with Gasteiger partial charge in [-0.2, -0.15) is 0 Å². The maximum Gasteiger partial charge on any atom is 0.271 e. The van der Waals surface area contributed by atoms with Gasteiger partial charge in [-0.15, -0.1) is 22.7 Å². The van der Waals surface area contributed by atoms with Crippen molar-refractivity contribution in [3.05, 3.63) is 50.5 Å². The van der Waals surface area contributed by atoms with Crippen LogP contribution in [0, 0.1) is 0 Å². The Balaban J connectivity index is 1.71. The molecule has 0 radical (unpaired) electrons. The Bertz CT molecular complexity index is 789. The SMILES string of the molecule is O=C(Cn1cnc2ccsc2c1=O)NCc1cccs1. The average molecular weight is 305 g/mol. The molecule has 0 atom stereocenters. The number of amides is 1. The molecule has 3 rings (SSSR count). The Morgan fingerprint density at radius 2 is 2.20 bits per heavy atom. The zero-order valence-corrected chi connectivity index (χ0v) is 12.0. The highest BCUT2D eigenvalue weighted by atomic mass is 32.1. The van der Waals surface area contributed by atoms with Crippen molar-refractivity contribution in [3.8, 4) is 0 Å². The number of hydrogen-bond acceptors (Lipinski definition) is 5. The summed E-state index contributed by atoms with van der Waals surface area (Å²) in [5, 5.41) is 6.57. The molecular weight excluding hydrogens is 294 g/mol. The summed E-state index contributed by atoms with van der Waals surface area (Å²) in [6, 6.07) is 5.68. The molecule has 5 nitrogen and oxygen atoms in total. The summed E-state index contributed by atoms with van der Waals surface area (Å²) in [5.41, 5.74) is 0.506. The number of nitrogens with zero attached hydrogens (tertiary/aromatic N) is 2. The van der Waals surface area contributed by atoms with Crippen LogP contribution >= 0.6 is 22.7 Å². The number of carbonyl (C=O) groups is 1. The van der Waals surface area contributed by atoms with Crippen molar-refractivity contribution in [2.75, 3.05) is 0 Å². The van der Waals surface area contributed by atoms with E-state index in [1.807, 2.05) is 22.9 Å². The maximum absolute atomic E-state index is 12.1. The lowest BCUT2D eigenvalue weighted by Gasteiger charge is -2.06. The van der Waals surface area contributed by atoms with E-state index < -0.39 is 0 Å². The molecule has 0 spiro atoms. The van der Waals surface area contributed by atoms with Gasteiger partial charge in [-0.25, -0.2) is 4.98 Å². The molecule has 0 fully saturated rings. The highest BCUT2D eigenvalue weighted by molar-refractivity contribution is 7.17. The van der Waals surface area contributed by atoms with E-state index >= 15 is 0 Å². The molecule has 0 bridgehead atoms. The van der Waals surface area contributed by atoms with Crippen molar-refractivity contribution >= 4 is 38.8 Å². The van der Waals surface area contributed by atoms with Crippen molar-refractivity contribution < 1.29 is 4.79 Å². The molecule has 20 heavy (non-hydrogen) atoms. The molecule has 0 unspecified atom stereocenters. The zero-order valence-electron chi connectivity index (χ0n) is 10.4. The summed E-state index contributed by atoms with van der Waals surface area (Å²) in [4.78, 5) is 29.2. The van der Waals surface area contributed by atoms with Gasteiger partial charge in [-0.1, -0.05) is 6.07 Å². The predicted molar refractivity (Wildman–Crippen MR) is 80.0 cm³/mol. The molecule has 0 aliphatic carbocycles. The Labute approximate surface area is 122 Å². The molecule has 7 heteroatoms. The Hall–Kier alpha value is -1.99. The monoisotopic (exact) mass is 305 g/mol. The number of rotatable bonds is 4. The van der Waals surface area contributed by atoms with Gasteiger partial charge in [0, 0.05) is 4.88 Å². The van der Waals surface area contributed by atoms with Gasteiger partial charge >= 0.3 is 0 Å². The molecule has 3 heterocycles. The summed E-state index contributed by atoms with van der Waals surface area (Å²) in [7, 11) is 0. The van der Waals surface area contributed by atoms with Gasteiger partial charge in [-0.05, 0) is 22.9 Å². The van der Waals surface area contributed by atoms with Crippen LogP contribution in [0.2, 0.25) is 0 Å². The van der Waals surface area contributed by atoms with E-state index in [1.54, 1.807) is 17.4 Å². The Kier molecular flexibility index (Phi) is 3.62. The minimum atomic E-state index is -0.196. The Morgan fingerprint density at radius 3 is 3.00 bits per heavy atom. The van der Waals surface area contributed by atoms with E-state index in [4.69, 9.17) is 0 Å². The minimum Gasteiger partial charge on any atom is -0.350 e. The van der Waals surface area contributed by atoms with E-state index in [2.05, 4.69) is 10.3 Å². The van der Waals surface area contributed by atoms with Crippen LogP contribution in [-0.2, 0) is 17.9 Å². The van der Waals surface area contributed by atoms with Crippen LogP contribution in [0.4, 0.5) is 0 Å². The fourth-order valence-electron chi connectivity index (χ4n) is 1.80. The second kappa shape index (κ2) is 5.56. The van der Waals surface area contributed by atoms with Gasteiger partial charge < -0.3 is 5.32 Å². The number of thiophene rings is 2. The van der Waals surface area contributed by atoms with Crippen molar-refractivity contribution in [1.82, 2.24) is 14.9 Å². The highest BCUT2D eigenvalue weighted by Gasteiger charge is 2.08. The van der Waals surface area contributed by atoms with Crippen LogP contribution in [0.1, 0.15) is 4.88 Å². The van der Waals surface area contributed by atoms with Crippen molar-refractivity contribution in [2.24, 2.45) is 0 Å². The zero-order chi connectivity index (χ0) is 13.9. The largest absolute Gasteiger partial charge is 0.350 e. The fourth-order valence-corrected chi connectivity index (χ4v) is 3.24. The van der Waals surface area contributed by atoms with E-state index in [0.29, 0.717) is 16.8 Å². The second-order valence-electron chi connectivity index (χ2n) is 4.17. The standard InChI is InChI=1S/C13H11N3O2S2/c17-11(14-6-9-2-1-4-19-9)7-16-8-15-10-3-5-20-12(10)13(16)18/h1-5,8H,6-7H2,(H,14,17). The second-order valence-corrected chi connectivity index (χ2v) is 6.12. The first kappa shape index (κ1) is 13.0. The third-order valence-corrected chi connectivity index (χ3v) is 4.56. The summed E-state index contributed by atoms with van der Waals surface area (Å²) < 4.78 is 1.92. The average Bonchev–Trinajstić information content (AvgIpc) is 3.10. The molecule has 1 amide bonds. The third-order valence-electron chi connectivity index (χ3n) is 2.79. The molecule has 1 N–H and O–H groups in total. The summed E-state index contributed by atoms with van der Waals surface area (Å²) in [5.74, 6) is -0.196. The maximum atomic E-state index is 12.1. The van der Waals surface area contributed by atoms with Gasteiger partial charge in [0.25, 0.3) is 5.56 Å². The predicted octanol–water partition coefficient (Wildman–Crippen LogP) is 1.84. The van der Waals surface area contributed by atoms with Crippen LogP contribution in [0.25, 0.3) is 10.2 Å². The molecule has 0 saturated carbocycles. The molecule has 102 valence electrons. The molecule has 3 aromatic heterocycles. The van der Waals surface area contributed by atoms with Crippen LogP contribution in [0.3, 0.4) is 0 Å². The highest BCUT2D eigenvalue weighted by Crippen LogP contribution is 2.13. The lowest BCUT2D eigenvalue weighted by atomic mass is 10.4. The van der Waals surface area contributed by atoms with E-state index in [9.17, 15) is 9.59 Å². The number of fused-ring (bicyclic) bond motifs is 1. The summed E-state index contributed by atoms with van der Waals surface area (Å²) >= 11 is 2.92. The summed E-state index contributed by atoms with van der Waals surface area (Å²) in [6.45, 7) is 0.477. The van der Waals surface area contributed by atoms with Gasteiger partial charge in [-0.3, -0.25) is 14.2 Å². The van der Waals surface area contributed by atoms with Gasteiger partial charge in [0.15, 0.2) is 0 Å². The minimum absolute atomic E-state index is 0.00888. The first-order valence-corrected chi connectivity index (χ1v) is 7.72. The molecule has 0 aliphatic heterocycles. The molecule has 0 aromatic carbocycles. The number of aromatic nitrogens is 2. The van der Waals surface area contributed by atoms with Gasteiger partial charge in [0.1, 0.15) is 11.2 Å². The first-order chi connectivity index (χ1) is 9.74. The van der Waals surface area contributed by atoms with Crippen molar-refractivity contribution in [3.63, 3.8) is 0 Å². The first-order valence-electron chi connectivity index (χ1n) is 5.96. The molecular formula is C13H11N3O2S2. The number of hydrogen-bond donors (Lipinski definition) is 1. The number of carbonyl (C=O) groups excluding carboxylic acids is 1. The van der Waals surface area contributed by atoms with Gasteiger partial charge in [0.2, 0.25) is 5.91 Å². The molecule has 3 aromatic rings. The normalized spacial score (nSPS) is 10.8. The van der Waals surface area contributed by atoms with E-state index in [-0.39, 0.29) is 18.0 Å². The van der Waals surface area contributed by atoms with E-state index in [1.165, 1.54) is 22.2 Å². The van der Waals surface area contributed by atoms with Crippen LogP contribution in [-0.4, -0.2) is 15.5 Å². The quantitative estimate of drug-likeness (QED) is 0.800. The van der Waals surface area contributed by atoms with E-state index in [0.717, 1.165) is 4.88 Å². The van der Waals surface area contributed by atoms with Crippen molar-refractivity contribution in [1.29, 1.82) is 0 Å². The lowest BCUT2D eigenvalue weighted by molar-refractivity contribution is -0.121. The van der Waals surface area contributed by atoms with Crippen LogP contribution in [0.15, 0.2) is 40.1 Å². The summed E-state index contributed by atoms with van der Waals surface area (Å²) in [6.07, 6.45) is 1.42. The van der Waals surface area contributed by atoms with Gasteiger partial charge in [0.05, 0.1) is 18.4 Å². The van der Waals surface area contributed by atoms with Crippen LogP contribution in [0.5, 0.6) is 0 Å². The number of nitrogens with one attached hydrogen (secondary N) is 1. The molecule has 0 saturated heterocycles. The van der Waals surface area contributed by atoms with Crippen molar-refractivity contribution in [2.45, 2.75) is 13.1 Å². The third kappa shape index (κ3) is 2.63. The fraction of sp³-hybridized carbons (Fsp3) is 0.154. The lowest BCUT2D eigenvalue weighted by Crippen LogP contribution is -2.31. The Morgan fingerprint density at radius 1 is 1.30 bits per heavy atom. The van der Waals surface area contributed by atoms with Crippen LogP contribution < -0.4 is 10.9 Å². The topological polar surface area (TPSA) is 64.0 Å². The molecule has 0 aliphatic rings. The smallest absolute Gasteiger partial charge is 0.271 e.